The van der Waals surface area contributed by atoms with Crippen molar-refractivity contribution >= 4 is 21.6 Å². The first-order valence-electron chi connectivity index (χ1n) is 9.44. The number of anilines is 1. The van der Waals surface area contributed by atoms with Crippen LogP contribution in [0.4, 0.5) is 10.1 Å². The van der Waals surface area contributed by atoms with Gasteiger partial charge >= 0.3 is 0 Å². The van der Waals surface area contributed by atoms with E-state index in [1.165, 1.54) is 12.1 Å². The van der Waals surface area contributed by atoms with Crippen LogP contribution in [0.15, 0.2) is 77.7 Å². The molecule has 0 saturated heterocycles. The second-order valence-electron chi connectivity index (χ2n) is 7.18. The van der Waals surface area contributed by atoms with Gasteiger partial charge in [-0.1, -0.05) is 36.4 Å². The molecule has 30 heavy (non-hydrogen) atoms. The number of aryl methyl sites for hydroxylation is 2. The summed E-state index contributed by atoms with van der Waals surface area (Å²) in [5, 5.41) is 2.80. The molecule has 0 fully saturated rings. The number of hydrogen-bond acceptors (Lipinski definition) is 3. The van der Waals surface area contributed by atoms with Crippen LogP contribution in [-0.2, 0) is 21.2 Å². The number of halogens is 1. The van der Waals surface area contributed by atoms with Crippen molar-refractivity contribution < 1.29 is 17.6 Å². The molecule has 5 nitrogen and oxygen atoms in total. The predicted molar refractivity (Wildman–Crippen MR) is 115 cm³/mol. The fraction of sp³-hybridized carbons (Fsp3) is 0.174. The third-order valence-corrected chi connectivity index (χ3v) is 6.00. The summed E-state index contributed by atoms with van der Waals surface area (Å²) >= 11 is 0. The van der Waals surface area contributed by atoms with Crippen LogP contribution >= 0.6 is 0 Å². The second kappa shape index (κ2) is 9.19. The van der Waals surface area contributed by atoms with Gasteiger partial charge in [0.05, 0.1) is 4.90 Å². The van der Waals surface area contributed by atoms with E-state index in [9.17, 15) is 17.6 Å². The van der Waals surface area contributed by atoms with E-state index >= 15 is 0 Å². The molecule has 2 N–H and O–H groups in total. The molecule has 0 aliphatic rings. The van der Waals surface area contributed by atoms with Crippen LogP contribution in [0.25, 0.3) is 0 Å². The molecule has 1 atom stereocenters. The van der Waals surface area contributed by atoms with Crippen LogP contribution in [0.1, 0.15) is 16.7 Å². The van der Waals surface area contributed by atoms with E-state index in [2.05, 4.69) is 10.0 Å². The van der Waals surface area contributed by atoms with Crippen LogP contribution in [-0.4, -0.2) is 20.4 Å². The molecule has 1 amide bonds. The van der Waals surface area contributed by atoms with Crippen molar-refractivity contribution in [1.29, 1.82) is 0 Å². The Bertz CT molecular complexity index is 1110. The van der Waals surface area contributed by atoms with Gasteiger partial charge < -0.3 is 5.32 Å². The number of benzene rings is 3. The summed E-state index contributed by atoms with van der Waals surface area (Å²) in [7, 11) is -4.03. The Morgan fingerprint density at radius 3 is 2.13 bits per heavy atom. The van der Waals surface area contributed by atoms with Crippen molar-refractivity contribution in [1.82, 2.24) is 4.72 Å². The summed E-state index contributed by atoms with van der Waals surface area (Å²) < 4.78 is 41.2. The Hall–Kier alpha value is -3.03. The lowest BCUT2D eigenvalue weighted by Crippen LogP contribution is -2.45. The van der Waals surface area contributed by atoms with Crippen molar-refractivity contribution in [2.45, 2.75) is 31.2 Å². The Kier molecular flexibility index (Phi) is 6.64. The zero-order chi connectivity index (χ0) is 21.7. The Labute approximate surface area is 176 Å². The standard InChI is InChI=1S/C23H23FN2O3S/c1-16-12-17(2)14-20(13-16)25-23(27)22(15-18-6-4-3-5-7-18)26-30(28,29)21-10-8-19(24)9-11-21/h3-14,22,26H,15H2,1-2H3,(H,25,27)/t22-/m1/s1. The topological polar surface area (TPSA) is 75.3 Å². The maximum absolute atomic E-state index is 13.2. The number of amides is 1. The lowest BCUT2D eigenvalue weighted by Gasteiger charge is -2.19. The van der Waals surface area contributed by atoms with E-state index in [1.807, 2.05) is 62.4 Å². The molecule has 0 radical (unpaired) electrons. The molecule has 0 spiro atoms. The molecule has 156 valence electrons. The van der Waals surface area contributed by atoms with Crippen molar-refractivity contribution in [3.63, 3.8) is 0 Å². The summed E-state index contributed by atoms with van der Waals surface area (Å²) in [5.41, 5.74) is 3.37. The van der Waals surface area contributed by atoms with E-state index in [0.717, 1.165) is 28.8 Å². The normalized spacial score (nSPS) is 12.4. The van der Waals surface area contributed by atoms with Crippen molar-refractivity contribution in [3.8, 4) is 0 Å². The number of carbonyl (C=O) groups excluding carboxylic acids is 1. The molecular formula is C23H23FN2O3S. The molecule has 0 unspecified atom stereocenters. The van der Waals surface area contributed by atoms with Gasteiger partial charge in [-0.2, -0.15) is 4.72 Å². The summed E-state index contributed by atoms with van der Waals surface area (Å²) in [6.07, 6.45) is 0.165. The number of rotatable bonds is 7. The monoisotopic (exact) mass is 426 g/mol. The van der Waals surface area contributed by atoms with Crippen molar-refractivity contribution in [3.05, 3.63) is 95.3 Å². The van der Waals surface area contributed by atoms with Crippen LogP contribution in [0.5, 0.6) is 0 Å². The third-order valence-electron chi connectivity index (χ3n) is 4.51. The molecule has 0 heterocycles. The minimum atomic E-state index is -4.03. The summed E-state index contributed by atoms with van der Waals surface area (Å²) in [4.78, 5) is 12.9. The molecular weight excluding hydrogens is 403 g/mol. The fourth-order valence-electron chi connectivity index (χ4n) is 3.18. The van der Waals surface area contributed by atoms with Crippen LogP contribution in [0, 0.1) is 19.7 Å². The quantitative estimate of drug-likeness (QED) is 0.600. The molecule has 0 aliphatic heterocycles. The molecule has 0 aromatic heterocycles. The number of carbonyl (C=O) groups is 1. The average molecular weight is 427 g/mol. The first-order chi connectivity index (χ1) is 14.2. The maximum atomic E-state index is 13.2. The highest BCUT2D eigenvalue weighted by Crippen LogP contribution is 2.16. The van der Waals surface area contributed by atoms with Crippen molar-refractivity contribution in [2.24, 2.45) is 0 Å². The van der Waals surface area contributed by atoms with Crippen molar-refractivity contribution in [2.75, 3.05) is 5.32 Å². The molecule has 3 aromatic rings. The van der Waals surface area contributed by atoms with Gasteiger partial charge in [-0.25, -0.2) is 12.8 Å². The smallest absolute Gasteiger partial charge is 0.242 e. The Morgan fingerprint density at radius 1 is 0.933 bits per heavy atom. The molecule has 3 aromatic carbocycles. The third kappa shape index (κ3) is 5.75. The highest BCUT2D eigenvalue weighted by molar-refractivity contribution is 7.89. The first-order valence-corrected chi connectivity index (χ1v) is 10.9. The molecule has 7 heteroatoms. The van der Waals surface area contributed by atoms with Gasteiger partial charge in [0.2, 0.25) is 15.9 Å². The van der Waals surface area contributed by atoms with E-state index in [4.69, 9.17) is 0 Å². The van der Waals surface area contributed by atoms with Gasteiger partial charge in [-0.15, -0.1) is 0 Å². The van der Waals surface area contributed by atoms with Crippen LogP contribution < -0.4 is 10.0 Å². The Balaban J connectivity index is 1.87. The highest BCUT2D eigenvalue weighted by atomic mass is 32.2. The van der Waals surface area contributed by atoms with Gasteiger partial charge in [0.15, 0.2) is 0 Å². The highest BCUT2D eigenvalue weighted by Gasteiger charge is 2.26. The zero-order valence-corrected chi connectivity index (χ0v) is 17.5. The maximum Gasteiger partial charge on any atom is 0.242 e. The number of hydrogen-bond donors (Lipinski definition) is 2. The SMILES string of the molecule is Cc1cc(C)cc(NC(=O)[C@@H](Cc2ccccc2)NS(=O)(=O)c2ccc(F)cc2)c1. The van der Waals surface area contributed by atoms with Gasteiger partial charge in [-0.05, 0) is 73.4 Å². The Morgan fingerprint density at radius 2 is 1.53 bits per heavy atom. The molecule has 0 saturated carbocycles. The molecule has 0 aliphatic carbocycles. The number of sulfonamides is 1. The van der Waals surface area contributed by atoms with Gasteiger partial charge in [0, 0.05) is 5.69 Å². The van der Waals surface area contributed by atoms with E-state index in [-0.39, 0.29) is 11.3 Å². The predicted octanol–water partition coefficient (Wildman–Crippen LogP) is 3.97. The average Bonchev–Trinajstić information content (AvgIpc) is 2.67. The van der Waals surface area contributed by atoms with E-state index in [0.29, 0.717) is 5.69 Å². The molecule has 0 bridgehead atoms. The second-order valence-corrected chi connectivity index (χ2v) is 8.90. The summed E-state index contributed by atoms with van der Waals surface area (Å²) in [6, 6.07) is 18.2. The minimum Gasteiger partial charge on any atom is -0.325 e. The number of nitrogens with one attached hydrogen (secondary N) is 2. The summed E-state index contributed by atoms with van der Waals surface area (Å²) in [6.45, 7) is 3.84. The van der Waals surface area contributed by atoms with Gasteiger partial charge in [0.25, 0.3) is 0 Å². The van der Waals surface area contributed by atoms with Gasteiger partial charge in [0.1, 0.15) is 11.9 Å². The zero-order valence-electron chi connectivity index (χ0n) is 16.7. The van der Waals surface area contributed by atoms with E-state index in [1.54, 1.807) is 0 Å². The minimum absolute atomic E-state index is 0.110. The van der Waals surface area contributed by atoms with E-state index < -0.39 is 27.8 Å². The fourth-order valence-corrected chi connectivity index (χ4v) is 4.38. The lowest BCUT2D eigenvalue weighted by molar-refractivity contribution is -0.117. The van der Waals surface area contributed by atoms with Crippen LogP contribution in [0.2, 0.25) is 0 Å². The first kappa shape index (κ1) is 21.7. The van der Waals surface area contributed by atoms with Gasteiger partial charge in [-0.3, -0.25) is 4.79 Å². The molecule has 3 rings (SSSR count). The largest absolute Gasteiger partial charge is 0.325 e. The summed E-state index contributed by atoms with van der Waals surface area (Å²) in [5.74, 6) is -1.02. The lowest BCUT2D eigenvalue weighted by atomic mass is 10.1. The van der Waals surface area contributed by atoms with Crippen LogP contribution in [0.3, 0.4) is 0 Å².